The number of anilines is 1. The highest BCUT2D eigenvalue weighted by molar-refractivity contribution is 7.90. The smallest absolute Gasteiger partial charge is 0.301 e. The Labute approximate surface area is 125 Å². The van der Waals surface area contributed by atoms with E-state index in [2.05, 4.69) is 23.9 Å². The van der Waals surface area contributed by atoms with Crippen molar-refractivity contribution in [2.24, 2.45) is 0 Å². The third kappa shape index (κ3) is 4.18. The van der Waals surface area contributed by atoms with Gasteiger partial charge in [-0.3, -0.25) is 4.72 Å². The lowest BCUT2D eigenvalue weighted by Crippen LogP contribution is -2.51. The Kier molecular flexibility index (Phi) is 5.42. The molecule has 2 N–H and O–H groups in total. The van der Waals surface area contributed by atoms with Crippen LogP contribution >= 0.6 is 11.3 Å². The summed E-state index contributed by atoms with van der Waals surface area (Å²) in [6, 6.07) is 2.20. The van der Waals surface area contributed by atoms with Gasteiger partial charge in [-0.1, -0.05) is 20.3 Å². The molecule has 0 radical (unpaired) electrons. The molecule has 0 amide bonds. The molecule has 1 saturated heterocycles. The van der Waals surface area contributed by atoms with Crippen molar-refractivity contribution in [2.45, 2.75) is 45.2 Å². The number of nitrogens with one attached hydrogen (secondary N) is 2. The summed E-state index contributed by atoms with van der Waals surface area (Å²) in [5.74, 6) is 0. The fourth-order valence-corrected chi connectivity index (χ4v) is 4.54. The molecule has 1 aromatic rings. The molecule has 0 bridgehead atoms. The fraction of sp³-hybridized carbons (Fsp3) is 0.692. The Morgan fingerprint density at radius 3 is 2.90 bits per heavy atom. The highest BCUT2D eigenvalue weighted by Gasteiger charge is 2.32. The summed E-state index contributed by atoms with van der Waals surface area (Å²) in [6.07, 6.45) is 2.95. The molecule has 1 atom stereocenters. The molecule has 1 fully saturated rings. The van der Waals surface area contributed by atoms with Crippen LogP contribution in [0.5, 0.6) is 0 Å². The summed E-state index contributed by atoms with van der Waals surface area (Å²) in [5.41, 5.74) is 0.649. The van der Waals surface area contributed by atoms with E-state index in [0.29, 0.717) is 24.8 Å². The molecule has 0 saturated carbocycles. The van der Waals surface area contributed by atoms with Crippen LogP contribution in [0, 0.1) is 0 Å². The van der Waals surface area contributed by atoms with Crippen LogP contribution in [0.15, 0.2) is 16.8 Å². The van der Waals surface area contributed by atoms with E-state index in [-0.39, 0.29) is 6.04 Å². The van der Waals surface area contributed by atoms with Crippen molar-refractivity contribution >= 4 is 27.2 Å². The molecule has 5 nitrogen and oxygen atoms in total. The van der Waals surface area contributed by atoms with E-state index in [4.69, 9.17) is 0 Å². The molecular weight excluding hydrogens is 294 g/mol. The molecule has 1 aliphatic rings. The molecule has 20 heavy (non-hydrogen) atoms. The van der Waals surface area contributed by atoms with Gasteiger partial charge in [0.15, 0.2) is 0 Å². The minimum Gasteiger partial charge on any atom is -0.313 e. The second kappa shape index (κ2) is 6.89. The van der Waals surface area contributed by atoms with Crippen molar-refractivity contribution in [2.75, 3.05) is 17.8 Å². The Balaban J connectivity index is 2.06. The standard InChI is InChI=1S/C13H23N3O2S2/c1-11(2)14-9-13-5-3-4-7-16(13)20(17,18)15-12-6-8-19-10-12/h6,8,10-11,13-15H,3-5,7,9H2,1-2H3. The number of rotatable bonds is 6. The molecule has 1 aromatic heterocycles. The van der Waals surface area contributed by atoms with Gasteiger partial charge in [-0.25, -0.2) is 0 Å². The second-order valence-electron chi connectivity index (χ2n) is 5.44. The maximum Gasteiger partial charge on any atom is 0.301 e. The number of piperidine rings is 1. The van der Waals surface area contributed by atoms with E-state index in [0.717, 1.165) is 19.3 Å². The van der Waals surface area contributed by atoms with Gasteiger partial charge in [-0.2, -0.15) is 24.1 Å². The van der Waals surface area contributed by atoms with Crippen LogP contribution in [0.4, 0.5) is 5.69 Å². The van der Waals surface area contributed by atoms with E-state index in [1.54, 1.807) is 10.4 Å². The topological polar surface area (TPSA) is 61.4 Å². The summed E-state index contributed by atoms with van der Waals surface area (Å²) >= 11 is 1.48. The molecule has 0 aromatic carbocycles. The summed E-state index contributed by atoms with van der Waals surface area (Å²) in [7, 11) is -3.45. The zero-order chi connectivity index (χ0) is 14.6. The molecule has 2 heterocycles. The number of nitrogens with zero attached hydrogens (tertiary/aromatic N) is 1. The van der Waals surface area contributed by atoms with E-state index in [1.807, 2.05) is 10.8 Å². The zero-order valence-electron chi connectivity index (χ0n) is 12.0. The zero-order valence-corrected chi connectivity index (χ0v) is 13.6. The SMILES string of the molecule is CC(C)NCC1CCCCN1S(=O)(=O)Nc1ccsc1. The monoisotopic (exact) mass is 317 g/mol. The van der Waals surface area contributed by atoms with Gasteiger partial charge in [0.2, 0.25) is 0 Å². The second-order valence-corrected chi connectivity index (χ2v) is 7.85. The minimum absolute atomic E-state index is 0.0438. The van der Waals surface area contributed by atoms with Crippen molar-refractivity contribution in [3.8, 4) is 0 Å². The molecule has 0 spiro atoms. The predicted octanol–water partition coefficient (Wildman–Crippen LogP) is 2.26. The Hall–Kier alpha value is -0.630. The van der Waals surface area contributed by atoms with Gasteiger partial charge in [0.05, 0.1) is 5.69 Å². The normalized spacial score (nSPS) is 21.2. The molecule has 1 unspecified atom stereocenters. The quantitative estimate of drug-likeness (QED) is 0.846. The van der Waals surface area contributed by atoms with Crippen LogP contribution < -0.4 is 10.0 Å². The average molecular weight is 317 g/mol. The number of hydrogen-bond acceptors (Lipinski definition) is 4. The van der Waals surface area contributed by atoms with Crippen LogP contribution in [-0.2, 0) is 10.2 Å². The fourth-order valence-electron chi connectivity index (χ4n) is 2.40. The maximum atomic E-state index is 12.5. The highest BCUT2D eigenvalue weighted by atomic mass is 32.2. The van der Waals surface area contributed by atoms with Crippen LogP contribution in [0.3, 0.4) is 0 Å². The molecule has 7 heteroatoms. The summed E-state index contributed by atoms with van der Waals surface area (Å²) in [5, 5.41) is 7.02. The summed E-state index contributed by atoms with van der Waals surface area (Å²) < 4.78 is 29.3. The van der Waals surface area contributed by atoms with E-state index >= 15 is 0 Å². The lowest BCUT2D eigenvalue weighted by molar-refractivity contribution is 0.243. The van der Waals surface area contributed by atoms with Crippen LogP contribution in [-0.4, -0.2) is 37.9 Å². The van der Waals surface area contributed by atoms with Crippen LogP contribution in [0.25, 0.3) is 0 Å². The lowest BCUT2D eigenvalue weighted by Gasteiger charge is -2.35. The van der Waals surface area contributed by atoms with Crippen LogP contribution in [0.2, 0.25) is 0 Å². The molecule has 2 rings (SSSR count). The van der Waals surface area contributed by atoms with Gasteiger partial charge in [0.1, 0.15) is 0 Å². The van der Waals surface area contributed by atoms with Gasteiger partial charge >= 0.3 is 10.2 Å². The first kappa shape index (κ1) is 15.8. The van der Waals surface area contributed by atoms with Gasteiger partial charge < -0.3 is 5.32 Å². The van der Waals surface area contributed by atoms with Crippen molar-refractivity contribution < 1.29 is 8.42 Å². The van der Waals surface area contributed by atoms with Gasteiger partial charge in [0, 0.05) is 30.6 Å². The van der Waals surface area contributed by atoms with Gasteiger partial charge in [0.25, 0.3) is 0 Å². The van der Waals surface area contributed by atoms with Gasteiger partial charge in [-0.05, 0) is 24.3 Å². The number of hydrogen-bond donors (Lipinski definition) is 2. The van der Waals surface area contributed by atoms with Crippen molar-refractivity contribution in [3.63, 3.8) is 0 Å². The maximum absolute atomic E-state index is 12.5. The molecule has 1 aliphatic heterocycles. The number of thiophene rings is 1. The summed E-state index contributed by atoms with van der Waals surface area (Å²) in [6.45, 7) is 5.46. The van der Waals surface area contributed by atoms with E-state index in [9.17, 15) is 8.42 Å². The Morgan fingerprint density at radius 1 is 1.45 bits per heavy atom. The Morgan fingerprint density at radius 2 is 2.25 bits per heavy atom. The first-order valence-corrected chi connectivity index (χ1v) is 9.42. The highest BCUT2D eigenvalue weighted by Crippen LogP contribution is 2.22. The van der Waals surface area contributed by atoms with Crippen LogP contribution in [0.1, 0.15) is 33.1 Å². The third-order valence-electron chi connectivity index (χ3n) is 3.41. The molecule has 114 valence electrons. The average Bonchev–Trinajstić information content (AvgIpc) is 2.88. The molecule has 0 aliphatic carbocycles. The minimum atomic E-state index is -3.45. The largest absolute Gasteiger partial charge is 0.313 e. The first-order chi connectivity index (χ1) is 9.49. The van der Waals surface area contributed by atoms with Crippen molar-refractivity contribution in [1.29, 1.82) is 0 Å². The Bertz CT molecular complexity index is 500. The lowest BCUT2D eigenvalue weighted by atomic mass is 10.0. The van der Waals surface area contributed by atoms with Crippen molar-refractivity contribution in [3.05, 3.63) is 16.8 Å². The third-order valence-corrected chi connectivity index (χ3v) is 5.69. The van der Waals surface area contributed by atoms with E-state index < -0.39 is 10.2 Å². The van der Waals surface area contributed by atoms with Gasteiger partial charge in [-0.15, -0.1) is 0 Å². The van der Waals surface area contributed by atoms with E-state index in [1.165, 1.54) is 11.3 Å². The summed E-state index contributed by atoms with van der Waals surface area (Å²) in [4.78, 5) is 0. The first-order valence-electron chi connectivity index (χ1n) is 7.04. The predicted molar refractivity (Wildman–Crippen MR) is 84.3 cm³/mol. The molecular formula is C13H23N3O2S2. The van der Waals surface area contributed by atoms with Crippen molar-refractivity contribution in [1.82, 2.24) is 9.62 Å².